The van der Waals surface area contributed by atoms with Crippen molar-refractivity contribution in [3.8, 4) is 0 Å². The molecule has 0 atom stereocenters. The summed E-state index contributed by atoms with van der Waals surface area (Å²) < 4.78 is 36.4. The number of rotatable bonds is 2. The van der Waals surface area contributed by atoms with Gasteiger partial charge in [0.2, 0.25) is 0 Å². The van der Waals surface area contributed by atoms with Gasteiger partial charge in [-0.2, -0.15) is 13.2 Å². The maximum atomic E-state index is 12.1. The second-order valence-electron chi connectivity index (χ2n) is 3.56. The second kappa shape index (κ2) is 3.66. The van der Waals surface area contributed by atoms with Gasteiger partial charge in [0.05, 0.1) is 12.1 Å². The van der Waals surface area contributed by atoms with Crippen LogP contribution < -0.4 is 0 Å². The lowest BCUT2D eigenvalue weighted by Gasteiger charge is -2.05. The van der Waals surface area contributed by atoms with Crippen LogP contribution in [-0.4, -0.2) is 17.4 Å². The largest absolute Gasteiger partial charge is 0.393 e. The number of aldehydes is 1. The number of aromatic amines is 1. The van der Waals surface area contributed by atoms with Crippen LogP contribution in [-0.2, 0) is 6.42 Å². The smallest absolute Gasteiger partial charge is 0.352 e. The van der Waals surface area contributed by atoms with Crippen molar-refractivity contribution in [1.29, 1.82) is 0 Å². The van der Waals surface area contributed by atoms with Gasteiger partial charge in [-0.1, -0.05) is 6.07 Å². The van der Waals surface area contributed by atoms with E-state index in [0.29, 0.717) is 22.9 Å². The van der Waals surface area contributed by atoms with Gasteiger partial charge < -0.3 is 4.98 Å². The van der Waals surface area contributed by atoms with E-state index in [9.17, 15) is 18.0 Å². The van der Waals surface area contributed by atoms with Crippen molar-refractivity contribution in [1.82, 2.24) is 4.98 Å². The quantitative estimate of drug-likeness (QED) is 0.785. The molecule has 1 heterocycles. The van der Waals surface area contributed by atoms with E-state index in [-0.39, 0.29) is 5.56 Å². The van der Waals surface area contributed by atoms with Crippen molar-refractivity contribution in [3.63, 3.8) is 0 Å². The van der Waals surface area contributed by atoms with E-state index in [4.69, 9.17) is 0 Å². The molecule has 0 spiro atoms. The summed E-state index contributed by atoms with van der Waals surface area (Å²) in [6, 6.07) is 5.92. The molecule has 1 aromatic carbocycles. The number of hydrogen-bond acceptors (Lipinski definition) is 1. The number of fused-ring (bicyclic) bond motifs is 1. The molecule has 0 bridgehead atoms. The van der Waals surface area contributed by atoms with E-state index >= 15 is 0 Å². The first-order valence-electron chi connectivity index (χ1n) is 4.61. The number of aromatic nitrogens is 1. The molecule has 16 heavy (non-hydrogen) atoms. The normalized spacial score (nSPS) is 11.9. The van der Waals surface area contributed by atoms with Crippen LogP contribution in [0.15, 0.2) is 24.3 Å². The number of benzene rings is 1. The van der Waals surface area contributed by atoms with Gasteiger partial charge in [-0.05, 0) is 23.8 Å². The molecule has 1 N–H and O–H groups in total. The van der Waals surface area contributed by atoms with Crippen molar-refractivity contribution < 1.29 is 18.0 Å². The highest BCUT2D eigenvalue weighted by atomic mass is 19.4. The standard InChI is InChI=1S/C11H8F3NO/c12-11(13,14)5-7-1-2-10-8(3-7)4-9(6-16)15-10/h1-4,6,15H,5H2. The van der Waals surface area contributed by atoms with Gasteiger partial charge >= 0.3 is 6.18 Å². The molecule has 0 unspecified atom stereocenters. The SMILES string of the molecule is O=Cc1cc2cc(CC(F)(F)F)ccc2[nH]1. The molecule has 0 aliphatic heterocycles. The third-order valence-corrected chi connectivity index (χ3v) is 2.24. The minimum atomic E-state index is -4.21. The molecular weight excluding hydrogens is 219 g/mol. The molecule has 1 aromatic heterocycles. The van der Waals surface area contributed by atoms with E-state index in [1.54, 1.807) is 6.07 Å². The summed E-state index contributed by atoms with van der Waals surface area (Å²) >= 11 is 0. The number of halogens is 3. The third-order valence-electron chi connectivity index (χ3n) is 2.24. The highest BCUT2D eigenvalue weighted by Crippen LogP contribution is 2.24. The average molecular weight is 227 g/mol. The monoisotopic (exact) mass is 227 g/mol. The van der Waals surface area contributed by atoms with Crippen LogP contribution in [0.3, 0.4) is 0 Å². The van der Waals surface area contributed by atoms with Crippen LogP contribution in [0.2, 0.25) is 0 Å². The van der Waals surface area contributed by atoms with Crippen LogP contribution in [0, 0.1) is 0 Å². The minimum Gasteiger partial charge on any atom is -0.352 e. The fourth-order valence-electron chi connectivity index (χ4n) is 1.61. The van der Waals surface area contributed by atoms with E-state index in [1.807, 2.05) is 0 Å². The lowest BCUT2D eigenvalue weighted by atomic mass is 10.1. The number of nitrogens with one attached hydrogen (secondary N) is 1. The van der Waals surface area contributed by atoms with Crippen LogP contribution in [0.25, 0.3) is 10.9 Å². The Balaban J connectivity index is 2.39. The molecule has 0 saturated heterocycles. The zero-order valence-corrected chi connectivity index (χ0v) is 8.14. The first-order chi connectivity index (χ1) is 7.48. The van der Waals surface area contributed by atoms with Crippen molar-refractivity contribution in [3.05, 3.63) is 35.5 Å². The second-order valence-corrected chi connectivity index (χ2v) is 3.56. The molecule has 0 aliphatic carbocycles. The average Bonchev–Trinajstić information content (AvgIpc) is 2.57. The highest BCUT2D eigenvalue weighted by molar-refractivity contribution is 5.88. The molecule has 0 radical (unpaired) electrons. The van der Waals surface area contributed by atoms with Crippen LogP contribution in [0.4, 0.5) is 13.2 Å². The van der Waals surface area contributed by atoms with Crippen LogP contribution >= 0.6 is 0 Å². The topological polar surface area (TPSA) is 32.9 Å². The Bertz CT molecular complexity index is 527. The maximum absolute atomic E-state index is 12.1. The first kappa shape index (κ1) is 10.7. The molecule has 0 aliphatic rings. The number of H-pyrrole nitrogens is 1. The summed E-state index contributed by atoms with van der Waals surface area (Å²) in [5.74, 6) is 0. The van der Waals surface area contributed by atoms with Gasteiger partial charge in [-0.15, -0.1) is 0 Å². The van der Waals surface area contributed by atoms with E-state index < -0.39 is 12.6 Å². The van der Waals surface area contributed by atoms with E-state index in [2.05, 4.69) is 4.98 Å². The molecule has 2 rings (SSSR count). The lowest BCUT2D eigenvalue weighted by molar-refractivity contribution is -0.127. The van der Waals surface area contributed by atoms with Crippen LogP contribution in [0.5, 0.6) is 0 Å². The number of carbonyl (C=O) groups excluding carboxylic acids is 1. The maximum Gasteiger partial charge on any atom is 0.393 e. The zero-order valence-electron chi connectivity index (χ0n) is 8.14. The molecular formula is C11H8F3NO. The summed E-state index contributed by atoms with van der Waals surface area (Å²) in [6.07, 6.45) is -4.54. The molecule has 2 nitrogen and oxygen atoms in total. The summed E-state index contributed by atoms with van der Waals surface area (Å²) in [5.41, 5.74) is 1.21. The van der Waals surface area contributed by atoms with Gasteiger partial charge in [0.25, 0.3) is 0 Å². The Labute approximate surface area is 89.1 Å². The Morgan fingerprint density at radius 2 is 2.00 bits per heavy atom. The van der Waals surface area contributed by atoms with Gasteiger partial charge in [0.1, 0.15) is 0 Å². The highest BCUT2D eigenvalue weighted by Gasteiger charge is 2.27. The predicted molar refractivity (Wildman–Crippen MR) is 53.4 cm³/mol. The molecule has 5 heteroatoms. The van der Waals surface area contributed by atoms with Gasteiger partial charge in [-0.3, -0.25) is 4.79 Å². The van der Waals surface area contributed by atoms with E-state index in [1.165, 1.54) is 18.2 Å². The minimum absolute atomic E-state index is 0.191. The van der Waals surface area contributed by atoms with Crippen LogP contribution in [0.1, 0.15) is 16.1 Å². The Morgan fingerprint density at radius 3 is 2.62 bits per heavy atom. The summed E-state index contributed by atoms with van der Waals surface area (Å²) in [7, 11) is 0. The third kappa shape index (κ3) is 2.24. The fraction of sp³-hybridized carbons (Fsp3) is 0.182. The fourth-order valence-corrected chi connectivity index (χ4v) is 1.61. The van der Waals surface area contributed by atoms with Crippen molar-refractivity contribution >= 4 is 17.2 Å². The van der Waals surface area contributed by atoms with Gasteiger partial charge in [-0.25, -0.2) is 0 Å². The first-order valence-corrected chi connectivity index (χ1v) is 4.61. The Morgan fingerprint density at radius 1 is 1.25 bits per heavy atom. The van der Waals surface area contributed by atoms with Gasteiger partial charge in [0.15, 0.2) is 6.29 Å². The molecule has 0 fully saturated rings. The Hall–Kier alpha value is -1.78. The molecule has 0 saturated carbocycles. The van der Waals surface area contributed by atoms with Crippen molar-refractivity contribution in [2.24, 2.45) is 0 Å². The van der Waals surface area contributed by atoms with Crippen molar-refractivity contribution in [2.75, 3.05) is 0 Å². The lowest BCUT2D eigenvalue weighted by Crippen LogP contribution is -2.11. The summed E-state index contributed by atoms with van der Waals surface area (Å²) in [4.78, 5) is 13.3. The number of alkyl halides is 3. The molecule has 2 aromatic rings. The predicted octanol–water partition coefficient (Wildman–Crippen LogP) is 3.09. The summed E-state index contributed by atoms with van der Waals surface area (Å²) in [6.45, 7) is 0. The number of hydrogen-bond donors (Lipinski definition) is 1. The van der Waals surface area contributed by atoms with Crippen molar-refractivity contribution in [2.45, 2.75) is 12.6 Å². The van der Waals surface area contributed by atoms with E-state index in [0.717, 1.165) is 0 Å². The molecule has 0 amide bonds. The zero-order chi connectivity index (χ0) is 11.8. The summed E-state index contributed by atoms with van der Waals surface area (Å²) in [5, 5.41) is 0.615. The Kier molecular flexibility index (Phi) is 2.46. The number of carbonyl (C=O) groups is 1. The van der Waals surface area contributed by atoms with Gasteiger partial charge in [0, 0.05) is 10.9 Å². The molecule has 84 valence electrons.